The van der Waals surface area contributed by atoms with Gasteiger partial charge in [-0.25, -0.2) is 14.2 Å². The van der Waals surface area contributed by atoms with E-state index in [4.69, 9.17) is 9.47 Å². The van der Waals surface area contributed by atoms with Gasteiger partial charge in [0.25, 0.3) is 5.91 Å². The van der Waals surface area contributed by atoms with E-state index in [0.29, 0.717) is 44.1 Å². The van der Waals surface area contributed by atoms with Gasteiger partial charge in [0.15, 0.2) is 5.82 Å². The molecule has 0 unspecified atom stereocenters. The first kappa shape index (κ1) is 25.1. The number of hydrogen-bond acceptors (Lipinski definition) is 8. The average molecular weight is 500 g/mol. The van der Waals surface area contributed by atoms with Gasteiger partial charge in [-0.3, -0.25) is 9.48 Å². The molecule has 192 valence electrons. The zero-order chi connectivity index (χ0) is 26.0. The fourth-order valence-corrected chi connectivity index (χ4v) is 3.81. The summed E-state index contributed by atoms with van der Waals surface area (Å²) in [5.74, 6) is -0.549. The summed E-state index contributed by atoms with van der Waals surface area (Å²) >= 11 is 0. The molecule has 0 spiro atoms. The van der Waals surface area contributed by atoms with Crippen LogP contribution in [0.3, 0.4) is 0 Å². The fraction of sp³-hybridized carbons (Fsp3) is 0.458. The first-order chi connectivity index (χ1) is 17.0. The number of nitrogens with one attached hydrogen (secondary N) is 1. The Morgan fingerprint density at radius 3 is 2.56 bits per heavy atom. The number of carbonyl (C=O) groups excluding carboxylic acids is 2. The molecule has 3 heterocycles. The smallest absolute Gasteiger partial charge is 0.410 e. The highest BCUT2D eigenvalue weighted by Crippen LogP contribution is 2.25. The van der Waals surface area contributed by atoms with E-state index in [-0.39, 0.29) is 28.7 Å². The number of anilines is 2. The number of halogens is 1. The molecule has 0 radical (unpaired) electrons. The van der Waals surface area contributed by atoms with Crippen molar-refractivity contribution in [3.05, 3.63) is 35.9 Å². The van der Waals surface area contributed by atoms with Crippen molar-refractivity contribution in [3.8, 4) is 5.88 Å². The van der Waals surface area contributed by atoms with Crippen LogP contribution in [-0.4, -0.2) is 75.0 Å². The SMILES string of the molecule is CCOc1nc(N2CCN(C(=O)OC(C)(C)C)CC2)ncc1C(=O)Nc1cc(F)c2nn(C)cc2c1. The van der Waals surface area contributed by atoms with Crippen molar-refractivity contribution in [1.82, 2.24) is 24.6 Å². The van der Waals surface area contributed by atoms with E-state index in [1.165, 1.54) is 16.9 Å². The summed E-state index contributed by atoms with van der Waals surface area (Å²) in [7, 11) is 1.70. The summed E-state index contributed by atoms with van der Waals surface area (Å²) in [4.78, 5) is 37.7. The van der Waals surface area contributed by atoms with Crippen LogP contribution in [-0.2, 0) is 11.8 Å². The molecule has 0 saturated carbocycles. The second-order valence-corrected chi connectivity index (χ2v) is 9.43. The first-order valence-electron chi connectivity index (χ1n) is 11.7. The van der Waals surface area contributed by atoms with E-state index in [9.17, 15) is 14.0 Å². The van der Waals surface area contributed by atoms with Gasteiger partial charge in [-0.15, -0.1) is 0 Å². The van der Waals surface area contributed by atoms with Crippen molar-refractivity contribution >= 4 is 34.5 Å². The van der Waals surface area contributed by atoms with E-state index < -0.39 is 17.3 Å². The van der Waals surface area contributed by atoms with E-state index in [2.05, 4.69) is 20.4 Å². The molecule has 0 aliphatic carbocycles. The number of hydrogen-bond donors (Lipinski definition) is 1. The highest BCUT2D eigenvalue weighted by molar-refractivity contribution is 6.06. The second kappa shape index (κ2) is 9.96. The van der Waals surface area contributed by atoms with Gasteiger partial charge < -0.3 is 24.6 Å². The Hall–Kier alpha value is -3.96. The number of ether oxygens (including phenoxy) is 2. The predicted molar refractivity (Wildman–Crippen MR) is 132 cm³/mol. The first-order valence-corrected chi connectivity index (χ1v) is 11.7. The Kier molecular flexibility index (Phi) is 6.95. The molecule has 0 atom stereocenters. The number of nitrogens with zero attached hydrogens (tertiary/aromatic N) is 6. The predicted octanol–water partition coefficient (Wildman–Crippen LogP) is 3.21. The molecule has 1 saturated heterocycles. The third-order valence-corrected chi connectivity index (χ3v) is 5.42. The van der Waals surface area contributed by atoms with E-state index in [0.717, 1.165) is 0 Å². The van der Waals surface area contributed by atoms with Crippen LogP contribution in [0.5, 0.6) is 5.88 Å². The third kappa shape index (κ3) is 5.64. The summed E-state index contributed by atoms with van der Waals surface area (Å²) in [6.45, 7) is 9.47. The van der Waals surface area contributed by atoms with Crippen LogP contribution in [0.15, 0.2) is 24.5 Å². The maximum absolute atomic E-state index is 14.4. The lowest BCUT2D eigenvalue weighted by Gasteiger charge is -2.35. The van der Waals surface area contributed by atoms with Crippen molar-refractivity contribution in [1.29, 1.82) is 0 Å². The molecule has 2 amide bonds. The van der Waals surface area contributed by atoms with E-state index in [1.54, 1.807) is 31.1 Å². The lowest BCUT2D eigenvalue weighted by Crippen LogP contribution is -2.50. The van der Waals surface area contributed by atoms with E-state index in [1.807, 2.05) is 25.7 Å². The zero-order valence-electron chi connectivity index (χ0n) is 21.0. The maximum atomic E-state index is 14.4. The highest BCUT2D eigenvalue weighted by atomic mass is 19.1. The van der Waals surface area contributed by atoms with Crippen LogP contribution in [0.1, 0.15) is 38.1 Å². The number of aryl methyl sites for hydroxylation is 1. The lowest BCUT2D eigenvalue weighted by atomic mass is 10.2. The zero-order valence-corrected chi connectivity index (χ0v) is 21.0. The van der Waals surface area contributed by atoms with Gasteiger partial charge in [-0.05, 0) is 39.8 Å². The summed E-state index contributed by atoms with van der Waals surface area (Å²) < 4.78 is 27.0. The number of aromatic nitrogens is 4. The Morgan fingerprint density at radius 2 is 1.89 bits per heavy atom. The molecular weight excluding hydrogens is 469 g/mol. The van der Waals surface area contributed by atoms with Crippen LogP contribution in [0, 0.1) is 5.82 Å². The minimum Gasteiger partial charge on any atom is -0.477 e. The Bertz CT molecular complexity index is 1280. The number of amides is 2. The Labute approximate surface area is 208 Å². The van der Waals surface area contributed by atoms with Gasteiger partial charge in [-0.2, -0.15) is 10.1 Å². The normalized spacial score (nSPS) is 14.2. The number of benzene rings is 1. The minimum absolute atomic E-state index is 0.123. The van der Waals surface area contributed by atoms with Crippen LogP contribution in [0.2, 0.25) is 0 Å². The molecule has 2 aromatic heterocycles. The molecule has 4 rings (SSSR count). The summed E-state index contributed by atoms with van der Waals surface area (Å²) in [5, 5.41) is 7.32. The van der Waals surface area contributed by atoms with Crippen LogP contribution >= 0.6 is 0 Å². The van der Waals surface area contributed by atoms with Gasteiger partial charge in [0.05, 0.1) is 6.61 Å². The summed E-state index contributed by atoms with van der Waals surface area (Å²) in [5.41, 5.74) is 0.0720. The highest BCUT2D eigenvalue weighted by Gasteiger charge is 2.27. The minimum atomic E-state index is -0.560. The molecule has 11 nitrogen and oxygen atoms in total. The number of carbonyl (C=O) groups is 2. The van der Waals surface area contributed by atoms with Gasteiger partial charge >= 0.3 is 6.09 Å². The molecule has 1 N–H and O–H groups in total. The quantitative estimate of drug-likeness (QED) is 0.569. The fourth-order valence-electron chi connectivity index (χ4n) is 3.81. The lowest BCUT2D eigenvalue weighted by molar-refractivity contribution is 0.0240. The maximum Gasteiger partial charge on any atom is 0.410 e. The van der Waals surface area contributed by atoms with Crippen LogP contribution in [0.25, 0.3) is 10.9 Å². The molecule has 1 fully saturated rings. The number of rotatable bonds is 5. The van der Waals surface area contributed by atoms with Gasteiger partial charge in [-0.1, -0.05) is 0 Å². The van der Waals surface area contributed by atoms with Crippen molar-refractivity contribution in [2.24, 2.45) is 7.05 Å². The van der Waals surface area contributed by atoms with Crippen LogP contribution in [0.4, 0.5) is 20.8 Å². The molecule has 1 aromatic carbocycles. The van der Waals surface area contributed by atoms with E-state index >= 15 is 0 Å². The average Bonchev–Trinajstić information content (AvgIpc) is 3.19. The number of piperazine rings is 1. The standard InChI is InChI=1S/C24H30FN7O4/c1-6-35-21-17(20(33)27-16-11-15-14-30(5)29-19(15)18(25)12-16)13-26-22(28-21)31-7-9-32(10-8-31)23(34)36-24(2,3)4/h11-14H,6-10H2,1-5H3,(H,27,33). The van der Waals surface area contributed by atoms with Gasteiger partial charge in [0.2, 0.25) is 11.8 Å². The van der Waals surface area contributed by atoms with Crippen molar-refractivity contribution in [2.75, 3.05) is 43.0 Å². The molecule has 12 heteroatoms. The number of fused-ring (bicyclic) bond motifs is 1. The largest absolute Gasteiger partial charge is 0.477 e. The second-order valence-electron chi connectivity index (χ2n) is 9.43. The monoisotopic (exact) mass is 499 g/mol. The van der Waals surface area contributed by atoms with Gasteiger partial charge in [0, 0.05) is 56.7 Å². The van der Waals surface area contributed by atoms with Crippen LogP contribution < -0.4 is 15.0 Å². The molecule has 1 aliphatic rings. The molecule has 1 aliphatic heterocycles. The van der Waals surface area contributed by atoms with Crippen molar-refractivity contribution in [3.63, 3.8) is 0 Å². The molecular formula is C24H30FN7O4. The van der Waals surface area contributed by atoms with Crippen molar-refractivity contribution < 1.29 is 23.5 Å². The summed E-state index contributed by atoms with van der Waals surface area (Å²) in [6, 6.07) is 2.86. The Morgan fingerprint density at radius 1 is 1.17 bits per heavy atom. The Balaban J connectivity index is 1.47. The molecule has 3 aromatic rings. The topological polar surface area (TPSA) is 115 Å². The molecule has 36 heavy (non-hydrogen) atoms. The van der Waals surface area contributed by atoms with Gasteiger partial charge in [0.1, 0.15) is 16.7 Å². The third-order valence-electron chi connectivity index (χ3n) is 5.42. The summed E-state index contributed by atoms with van der Waals surface area (Å²) in [6.07, 6.45) is 2.70. The molecule has 0 bridgehead atoms. The van der Waals surface area contributed by atoms with Crippen molar-refractivity contribution in [2.45, 2.75) is 33.3 Å².